The van der Waals surface area contributed by atoms with Gasteiger partial charge in [0.15, 0.2) is 0 Å². The Morgan fingerprint density at radius 1 is 0.781 bits per heavy atom. The number of hydrogen-bond acceptors (Lipinski definition) is 6. The van der Waals surface area contributed by atoms with E-state index >= 15 is 0 Å². The quantitative estimate of drug-likeness (QED) is 0.467. The van der Waals surface area contributed by atoms with Crippen LogP contribution in [-0.2, 0) is 22.7 Å². The lowest BCUT2D eigenvalue weighted by Crippen LogP contribution is -2.78. The molecule has 10 heteroatoms. The van der Waals surface area contributed by atoms with Crippen molar-refractivity contribution in [1.29, 1.82) is 0 Å². The van der Waals surface area contributed by atoms with Crippen molar-refractivity contribution >= 4 is 23.4 Å². The molecule has 0 unspecified atom stereocenters. The molecule has 0 aliphatic heterocycles. The Kier molecular flexibility index (Phi) is 6.08. The Labute approximate surface area is 186 Å². The van der Waals surface area contributed by atoms with Crippen molar-refractivity contribution in [1.82, 2.24) is 30.2 Å². The smallest absolute Gasteiger partial charge is 0.292 e. The molecule has 32 heavy (non-hydrogen) atoms. The molecule has 1 saturated carbocycles. The van der Waals surface area contributed by atoms with Gasteiger partial charge in [0.1, 0.15) is 0 Å². The summed E-state index contributed by atoms with van der Waals surface area (Å²) >= 11 is 0. The number of ketones is 2. The third kappa shape index (κ3) is 3.96. The van der Waals surface area contributed by atoms with Crippen LogP contribution in [0.4, 0.5) is 0 Å². The van der Waals surface area contributed by atoms with Crippen LogP contribution in [0.5, 0.6) is 0 Å². The van der Waals surface area contributed by atoms with Gasteiger partial charge in [-0.3, -0.25) is 28.5 Å². The maximum Gasteiger partial charge on any atom is 0.292 e. The molecule has 3 rings (SSSR count). The molecule has 0 atom stereocenters. The number of carbonyl (C=O) groups excluding carboxylic acids is 4. The molecule has 0 radical (unpaired) electrons. The van der Waals surface area contributed by atoms with Crippen LogP contribution in [-0.4, -0.2) is 55.0 Å². The minimum absolute atomic E-state index is 0.224. The molecule has 172 valence electrons. The van der Waals surface area contributed by atoms with Crippen LogP contribution in [0.25, 0.3) is 0 Å². The Balaban J connectivity index is 1.68. The first-order chi connectivity index (χ1) is 14.9. The summed E-state index contributed by atoms with van der Waals surface area (Å²) in [5, 5.41) is 13.7. The zero-order valence-electron chi connectivity index (χ0n) is 19.3. The standard InChI is InChI=1S/C22H30N6O4/c1-7-27-11-13(9-23-27)15(29)17(31)25-19-21(3,4)20(22(19,5)6)26-18(32)16(30)14-10-24-28(8-2)12-14/h9-12,19-20H,7-8H2,1-6H3,(H,25,31)(H,26,32). The molecule has 0 spiro atoms. The lowest BCUT2D eigenvalue weighted by Gasteiger charge is -2.64. The molecule has 10 nitrogen and oxygen atoms in total. The minimum atomic E-state index is -0.723. The molecule has 2 aromatic heterocycles. The summed E-state index contributed by atoms with van der Waals surface area (Å²) in [5.41, 5.74) is -0.725. The maximum atomic E-state index is 12.6. The van der Waals surface area contributed by atoms with E-state index in [0.717, 1.165) is 0 Å². The van der Waals surface area contributed by atoms with Gasteiger partial charge in [-0.25, -0.2) is 0 Å². The Morgan fingerprint density at radius 2 is 1.12 bits per heavy atom. The molecular weight excluding hydrogens is 412 g/mol. The highest BCUT2D eigenvalue weighted by Crippen LogP contribution is 2.53. The highest BCUT2D eigenvalue weighted by Gasteiger charge is 2.63. The maximum absolute atomic E-state index is 12.6. The molecule has 0 saturated heterocycles. The normalized spacial score (nSPS) is 20.8. The van der Waals surface area contributed by atoms with E-state index in [4.69, 9.17) is 0 Å². The number of aromatic nitrogens is 4. The minimum Gasteiger partial charge on any atom is -0.345 e. The second kappa shape index (κ2) is 8.33. The largest absolute Gasteiger partial charge is 0.345 e. The molecular formula is C22H30N6O4. The molecule has 0 bridgehead atoms. The van der Waals surface area contributed by atoms with Crippen molar-refractivity contribution in [3.63, 3.8) is 0 Å². The van der Waals surface area contributed by atoms with Gasteiger partial charge in [0.25, 0.3) is 23.4 Å². The molecule has 1 aliphatic rings. The van der Waals surface area contributed by atoms with Crippen LogP contribution in [0.1, 0.15) is 62.3 Å². The number of aryl methyl sites for hydroxylation is 2. The summed E-state index contributed by atoms with van der Waals surface area (Å²) in [6, 6.07) is -0.785. The second-order valence-electron chi connectivity index (χ2n) is 9.28. The number of rotatable bonds is 8. The summed E-state index contributed by atoms with van der Waals surface area (Å²) in [7, 11) is 0. The van der Waals surface area contributed by atoms with Crippen LogP contribution < -0.4 is 10.6 Å². The number of amides is 2. The van der Waals surface area contributed by atoms with E-state index in [9.17, 15) is 19.2 Å². The number of nitrogens with one attached hydrogen (secondary N) is 2. The van der Waals surface area contributed by atoms with E-state index in [1.165, 1.54) is 24.8 Å². The third-order valence-corrected chi connectivity index (χ3v) is 6.38. The Bertz CT molecular complexity index is 968. The lowest BCUT2D eigenvalue weighted by molar-refractivity contribution is -0.138. The Hall–Kier alpha value is -3.30. The zero-order valence-corrected chi connectivity index (χ0v) is 19.3. The van der Waals surface area contributed by atoms with Gasteiger partial charge in [-0.1, -0.05) is 27.7 Å². The van der Waals surface area contributed by atoms with Crippen molar-refractivity contribution in [2.75, 3.05) is 0 Å². The predicted molar refractivity (Wildman–Crippen MR) is 116 cm³/mol. The van der Waals surface area contributed by atoms with Gasteiger partial charge < -0.3 is 10.6 Å². The summed E-state index contributed by atoms with van der Waals surface area (Å²) in [6.07, 6.45) is 5.82. The summed E-state index contributed by atoms with van der Waals surface area (Å²) < 4.78 is 3.15. The molecule has 2 aromatic rings. The summed E-state index contributed by atoms with van der Waals surface area (Å²) in [6.45, 7) is 12.5. The van der Waals surface area contributed by atoms with E-state index in [1.54, 1.807) is 9.36 Å². The number of nitrogens with zero attached hydrogens (tertiary/aromatic N) is 4. The average molecular weight is 443 g/mol. The van der Waals surface area contributed by atoms with E-state index in [2.05, 4.69) is 20.8 Å². The molecule has 2 amide bonds. The number of carbonyl (C=O) groups is 4. The van der Waals surface area contributed by atoms with Gasteiger partial charge >= 0.3 is 0 Å². The zero-order chi connectivity index (χ0) is 23.8. The first-order valence-corrected chi connectivity index (χ1v) is 10.7. The fourth-order valence-corrected chi connectivity index (χ4v) is 4.86. The van der Waals surface area contributed by atoms with Gasteiger partial charge in [-0.15, -0.1) is 0 Å². The van der Waals surface area contributed by atoms with Crippen molar-refractivity contribution in [3.8, 4) is 0 Å². The van der Waals surface area contributed by atoms with Gasteiger partial charge in [0, 0.05) is 48.4 Å². The number of hydrogen-bond donors (Lipinski definition) is 2. The summed E-state index contributed by atoms with van der Waals surface area (Å²) in [4.78, 5) is 50.3. The highest BCUT2D eigenvalue weighted by molar-refractivity contribution is 6.43. The van der Waals surface area contributed by atoms with Gasteiger partial charge in [-0.2, -0.15) is 10.2 Å². The van der Waals surface area contributed by atoms with Gasteiger partial charge in [-0.05, 0) is 13.8 Å². The van der Waals surface area contributed by atoms with Crippen molar-refractivity contribution in [2.24, 2.45) is 10.8 Å². The van der Waals surface area contributed by atoms with Crippen molar-refractivity contribution in [3.05, 3.63) is 35.9 Å². The SMILES string of the molecule is CCn1cc(C(=O)C(=O)NC2C(C)(C)C(NC(=O)C(=O)c3cnn(CC)c3)C2(C)C)cn1. The van der Waals surface area contributed by atoms with E-state index in [1.807, 2.05) is 41.5 Å². The third-order valence-electron chi connectivity index (χ3n) is 6.38. The van der Waals surface area contributed by atoms with Crippen molar-refractivity contribution in [2.45, 2.75) is 66.7 Å². The van der Waals surface area contributed by atoms with E-state index < -0.39 is 46.3 Å². The van der Waals surface area contributed by atoms with Gasteiger partial charge in [0.05, 0.1) is 23.5 Å². The topological polar surface area (TPSA) is 128 Å². The van der Waals surface area contributed by atoms with Gasteiger partial charge in [0.2, 0.25) is 0 Å². The molecule has 1 aliphatic carbocycles. The van der Waals surface area contributed by atoms with Crippen LogP contribution in [0, 0.1) is 10.8 Å². The van der Waals surface area contributed by atoms with Crippen LogP contribution in [0.2, 0.25) is 0 Å². The van der Waals surface area contributed by atoms with Crippen LogP contribution in [0.3, 0.4) is 0 Å². The lowest BCUT2D eigenvalue weighted by atomic mass is 9.48. The number of Topliss-reactive ketones (excluding diaryl/α,β-unsaturated/α-hetero) is 2. The average Bonchev–Trinajstić information content (AvgIpc) is 3.43. The van der Waals surface area contributed by atoms with Crippen LogP contribution in [0.15, 0.2) is 24.8 Å². The highest BCUT2D eigenvalue weighted by atomic mass is 16.2. The first-order valence-electron chi connectivity index (χ1n) is 10.7. The predicted octanol–water partition coefficient (Wildman–Crippen LogP) is 1.22. The fourth-order valence-electron chi connectivity index (χ4n) is 4.86. The van der Waals surface area contributed by atoms with E-state index in [-0.39, 0.29) is 11.1 Å². The second-order valence-corrected chi connectivity index (χ2v) is 9.28. The van der Waals surface area contributed by atoms with E-state index in [0.29, 0.717) is 13.1 Å². The fraction of sp³-hybridized carbons (Fsp3) is 0.545. The Morgan fingerprint density at radius 3 is 1.41 bits per heavy atom. The van der Waals surface area contributed by atoms with Crippen LogP contribution >= 0.6 is 0 Å². The molecule has 2 N–H and O–H groups in total. The molecule has 2 heterocycles. The summed E-state index contributed by atoms with van der Waals surface area (Å²) in [5.74, 6) is -2.77. The molecule has 0 aromatic carbocycles. The molecule has 1 fully saturated rings. The monoisotopic (exact) mass is 442 g/mol. The first kappa shape index (κ1) is 23.4. The van der Waals surface area contributed by atoms with Crippen molar-refractivity contribution < 1.29 is 19.2 Å².